The molecule has 6 nitrogen and oxygen atoms in total. The van der Waals surface area contributed by atoms with Crippen LogP contribution in [0.15, 0.2) is 23.8 Å². The smallest absolute Gasteiger partial charge is 0.443 e. The van der Waals surface area contributed by atoms with E-state index >= 15 is 0 Å². The highest BCUT2D eigenvalue weighted by Gasteiger charge is 2.36. The Labute approximate surface area is 145 Å². The number of thiazole rings is 1. The number of piperazine rings is 1. The van der Waals surface area contributed by atoms with Crippen LogP contribution in [0.1, 0.15) is 15.5 Å². The molecule has 0 spiro atoms. The summed E-state index contributed by atoms with van der Waals surface area (Å²) >= 11 is 0.434. The van der Waals surface area contributed by atoms with Crippen molar-refractivity contribution in [3.8, 4) is 5.75 Å². The van der Waals surface area contributed by atoms with Crippen LogP contribution in [0, 0.1) is 0 Å². The van der Waals surface area contributed by atoms with Crippen LogP contribution in [0.4, 0.5) is 18.9 Å². The van der Waals surface area contributed by atoms with Gasteiger partial charge in [0.15, 0.2) is 5.01 Å². The van der Waals surface area contributed by atoms with Crippen LogP contribution in [0.3, 0.4) is 0 Å². The van der Waals surface area contributed by atoms with Gasteiger partial charge in [-0.05, 0) is 0 Å². The van der Waals surface area contributed by atoms with Gasteiger partial charge in [-0.25, -0.2) is 4.98 Å². The van der Waals surface area contributed by atoms with Gasteiger partial charge in [0.2, 0.25) is 0 Å². The highest BCUT2D eigenvalue weighted by molar-refractivity contribution is 7.09. The SMILES string of the molecule is COc1cncc(N2CCN(C(=O)c3csc(C(F)(F)F)n3)CC2)c1. The summed E-state index contributed by atoms with van der Waals surface area (Å²) in [4.78, 5) is 23.4. The average Bonchev–Trinajstić information content (AvgIpc) is 3.12. The summed E-state index contributed by atoms with van der Waals surface area (Å²) in [5.41, 5.74) is 0.716. The number of hydrogen-bond donors (Lipinski definition) is 0. The molecule has 0 N–H and O–H groups in total. The van der Waals surface area contributed by atoms with Gasteiger partial charge in [0.1, 0.15) is 11.4 Å². The summed E-state index contributed by atoms with van der Waals surface area (Å²) in [6.45, 7) is 1.90. The molecule has 1 saturated heterocycles. The largest absolute Gasteiger partial charge is 0.495 e. The van der Waals surface area contributed by atoms with Gasteiger partial charge in [-0.1, -0.05) is 0 Å². The molecule has 3 heterocycles. The molecule has 0 bridgehead atoms. The fourth-order valence-corrected chi connectivity index (χ4v) is 3.19. The van der Waals surface area contributed by atoms with E-state index in [0.717, 1.165) is 11.1 Å². The molecule has 0 aliphatic carbocycles. The van der Waals surface area contributed by atoms with Crippen molar-refractivity contribution >= 4 is 22.9 Å². The zero-order valence-electron chi connectivity index (χ0n) is 13.3. The Balaban J connectivity index is 1.63. The van der Waals surface area contributed by atoms with E-state index in [1.165, 1.54) is 4.90 Å². The Bertz CT molecular complexity index is 757. The lowest BCUT2D eigenvalue weighted by molar-refractivity contribution is -0.137. The number of hydrogen-bond acceptors (Lipinski definition) is 6. The number of ether oxygens (including phenoxy) is 1. The van der Waals surface area contributed by atoms with Crippen molar-refractivity contribution in [2.24, 2.45) is 0 Å². The first-order chi connectivity index (χ1) is 11.9. The highest BCUT2D eigenvalue weighted by Crippen LogP contribution is 2.32. The number of pyridine rings is 1. The van der Waals surface area contributed by atoms with Crippen LogP contribution in [0.5, 0.6) is 5.75 Å². The molecule has 3 rings (SSSR count). The van der Waals surface area contributed by atoms with Gasteiger partial charge < -0.3 is 14.5 Å². The maximum absolute atomic E-state index is 12.6. The number of halogens is 3. The number of carbonyl (C=O) groups excluding carboxylic acids is 1. The highest BCUT2D eigenvalue weighted by atomic mass is 32.1. The number of amides is 1. The van der Waals surface area contributed by atoms with E-state index in [1.807, 2.05) is 11.0 Å². The van der Waals surface area contributed by atoms with Gasteiger partial charge >= 0.3 is 6.18 Å². The van der Waals surface area contributed by atoms with Crippen LogP contribution in [0.2, 0.25) is 0 Å². The Hall–Kier alpha value is -2.36. The molecule has 0 radical (unpaired) electrons. The van der Waals surface area contributed by atoms with E-state index < -0.39 is 17.1 Å². The van der Waals surface area contributed by atoms with Crippen molar-refractivity contribution in [3.05, 3.63) is 34.5 Å². The molecule has 1 fully saturated rings. The number of methoxy groups -OCH3 is 1. The van der Waals surface area contributed by atoms with Gasteiger partial charge in [0.25, 0.3) is 5.91 Å². The summed E-state index contributed by atoms with van der Waals surface area (Å²) in [5, 5.41) is 0.153. The molecule has 2 aromatic rings. The Morgan fingerprint density at radius 3 is 2.56 bits per heavy atom. The lowest BCUT2D eigenvalue weighted by atomic mass is 10.2. The second-order valence-electron chi connectivity index (χ2n) is 5.40. The van der Waals surface area contributed by atoms with Crippen molar-refractivity contribution in [1.82, 2.24) is 14.9 Å². The summed E-state index contributed by atoms with van der Waals surface area (Å²) in [6, 6.07) is 1.85. The normalized spacial score (nSPS) is 15.4. The monoisotopic (exact) mass is 372 g/mol. The van der Waals surface area contributed by atoms with Crippen molar-refractivity contribution < 1.29 is 22.7 Å². The van der Waals surface area contributed by atoms with Crippen LogP contribution in [0.25, 0.3) is 0 Å². The van der Waals surface area contributed by atoms with Gasteiger partial charge in [-0.15, -0.1) is 11.3 Å². The zero-order chi connectivity index (χ0) is 18.0. The summed E-state index contributed by atoms with van der Waals surface area (Å²) in [7, 11) is 1.56. The molecule has 1 aliphatic rings. The topological polar surface area (TPSA) is 58.6 Å². The summed E-state index contributed by atoms with van der Waals surface area (Å²) < 4.78 is 43.0. The fourth-order valence-electron chi connectivity index (χ4n) is 2.52. The Kier molecular flexibility index (Phi) is 4.80. The predicted octanol–water partition coefficient (Wildman–Crippen LogP) is 2.53. The van der Waals surface area contributed by atoms with Crippen molar-refractivity contribution in [3.63, 3.8) is 0 Å². The van der Waals surface area contributed by atoms with E-state index in [2.05, 4.69) is 9.97 Å². The third-order valence-corrected chi connectivity index (χ3v) is 4.72. The first-order valence-corrected chi connectivity index (χ1v) is 8.32. The van der Waals surface area contributed by atoms with Crippen molar-refractivity contribution in [2.75, 3.05) is 38.2 Å². The molecule has 1 amide bonds. The van der Waals surface area contributed by atoms with Gasteiger partial charge in [-0.2, -0.15) is 13.2 Å². The first kappa shape index (κ1) is 17.5. The van der Waals surface area contributed by atoms with E-state index in [9.17, 15) is 18.0 Å². The maximum atomic E-state index is 12.6. The zero-order valence-corrected chi connectivity index (χ0v) is 14.1. The lowest BCUT2D eigenvalue weighted by Crippen LogP contribution is -2.49. The van der Waals surface area contributed by atoms with Gasteiger partial charge in [0.05, 0.1) is 25.2 Å². The summed E-state index contributed by atoms with van der Waals surface area (Å²) in [6.07, 6.45) is -1.22. The van der Waals surface area contributed by atoms with Crippen LogP contribution < -0.4 is 9.64 Å². The van der Waals surface area contributed by atoms with Gasteiger partial charge in [0, 0.05) is 37.6 Å². The fraction of sp³-hybridized carbons (Fsp3) is 0.400. The standard InChI is InChI=1S/C15H15F3N4O2S/c1-24-11-6-10(7-19-8-11)21-2-4-22(5-3-21)13(23)12-9-25-14(20-12)15(16,17)18/h6-9H,2-5H2,1H3. The number of carbonyl (C=O) groups is 1. The Morgan fingerprint density at radius 2 is 1.96 bits per heavy atom. The van der Waals surface area contributed by atoms with E-state index in [0.29, 0.717) is 43.3 Å². The van der Waals surface area contributed by atoms with Crippen LogP contribution in [-0.4, -0.2) is 54.1 Å². The number of rotatable bonds is 3. The third-order valence-electron chi connectivity index (χ3n) is 3.83. The molecule has 10 heteroatoms. The molecule has 1 aliphatic heterocycles. The lowest BCUT2D eigenvalue weighted by Gasteiger charge is -2.35. The molecule has 0 aromatic carbocycles. The molecular formula is C15H15F3N4O2S. The van der Waals surface area contributed by atoms with Crippen molar-refractivity contribution in [2.45, 2.75) is 6.18 Å². The predicted molar refractivity (Wildman–Crippen MR) is 86.0 cm³/mol. The number of anilines is 1. The maximum Gasteiger partial charge on any atom is 0.443 e. The molecule has 0 unspecified atom stereocenters. The second kappa shape index (κ2) is 6.87. The minimum atomic E-state index is -4.53. The van der Waals surface area contributed by atoms with Gasteiger partial charge in [-0.3, -0.25) is 9.78 Å². The molecular weight excluding hydrogens is 357 g/mol. The molecule has 25 heavy (non-hydrogen) atoms. The average molecular weight is 372 g/mol. The molecule has 134 valence electrons. The number of alkyl halides is 3. The van der Waals surface area contributed by atoms with E-state index in [-0.39, 0.29) is 5.69 Å². The Morgan fingerprint density at radius 1 is 1.24 bits per heavy atom. The van der Waals surface area contributed by atoms with Crippen LogP contribution >= 0.6 is 11.3 Å². The third kappa shape index (κ3) is 3.84. The molecule has 2 aromatic heterocycles. The van der Waals surface area contributed by atoms with E-state index in [1.54, 1.807) is 19.5 Å². The molecule has 0 atom stereocenters. The number of aromatic nitrogens is 2. The van der Waals surface area contributed by atoms with Crippen molar-refractivity contribution in [1.29, 1.82) is 0 Å². The van der Waals surface area contributed by atoms with Crippen LogP contribution in [-0.2, 0) is 6.18 Å². The number of nitrogens with zero attached hydrogens (tertiary/aromatic N) is 4. The summed E-state index contributed by atoms with van der Waals surface area (Å²) in [5.74, 6) is 0.160. The second-order valence-corrected chi connectivity index (χ2v) is 6.26. The van der Waals surface area contributed by atoms with E-state index in [4.69, 9.17) is 4.74 Å². The quantitative estimate of drug-likeness (QED) is 0.829. The molecule has 0 saturated carbocycles. The minimum Gasteiger partial charge on any atom is -0.495 e. The first-order valence-electron chi connectivity index (χ1n) is 7.44. The minimum absolute atomic E-state index is 0.158.